The van der Waals surface area contributed by atoms with E-state index in [9.17, 15) is 19.5 Å². The second-order valence-electron chi connectivity index (χ2n) is 12.0. The Kier molecular flexibility index (Phi) is 9.09. The van der Waals surface area contributed by atoms with Gasteiger partial charge in [-0.3, -0.25) is 19.6 Å². The number of aromatic hydroxyl groups is 1. The quantitative estimate of drug-likeness (QED) is 0.184. The van der Waals surface area contributed by atoms with Crippen molar-refractivity contribution < 1.29 is 24.2 Å². The predicted octanol–water partition coefficient (Wildman–Crippen LogP) is 6.02. The van der Waals surface area contributed by atoms with Gasteiger partial charge in [0, 0.05) is 36.6 Å². The topological polar surface area (TPSA) is 151 Å². The molecule has 236 valence electrons. The molecule has 0 bridgehead atoms. The molecule has 1 fully saturated rings. The van der Waals surface area contributed by atoms with Gasteiger partial charge in [-0.15, -0.1) is 0 Å². The Balaban J connectivity index is 1.12. The fourth-order valence-corrected chi connectivity index (χ4v) is 5.67. The van der Waals surface area contributed by atoms with Crippen molar-refractivity contribution in [1.29, 1.82) is 0 Å². The van der Waals surface area contributed by atoms with Crippen LogP contribution in [0.3, 0.4) is 0 Å². The van der Waals surface area contributed by atoms with E-state index in [0.29, 0.717) is 45.9 Å². The van der Waals surface area contributed by atoms with E-state index in [1.165, 1.54) is 17.5 Å². The van der Waals surface area contributed by atoms with Crippen molar-refractivity contribution in [2.24, 2.45) is 0 Å². The molecule has 12 nitrogen and oxygen atoms in total. The van der Waals surface area contributed by atoms with Crippen LogP contribution >= 0.6 is 11.3 Å². The number of nitrogens with zero attached hydrogens (tertiary/aromatic N) is 4. The number of nitrogens with one attached hydrogen (secondary N) is 3. The molecule has 45 heavy (non-hydrogen) atoms. The SMILES string of the molecule is Cc1ccc(O)c(C)c1NC(=O)c1cnc(Nc2ccn([C@@H]3CCN(C(=O)Cc4ccc(NC(=O)OC(C)(C)C)cc4)C3)n2)s1. The smallest absolute Gasteiger partial charge is 0.412 e. The molecular weight excluding hydrogens is 594 g/mol. The third-order valence-corrected chi connectivity index (χ3v) is 8.21. The molecule has 4 N–H and O–H groups in total. The number of ether oxygens (including phenoxy) is 1. The van der Waals surface area contributed by atoms with E-state index in [-0.39, 0.29) is 30.0 Å². The van der Waals surface area contributed by atoms with Gasteiger partial charge in [0.15, 0.2) is 10.9 Å². The summed E-state index contributed by atoms with van der Waals surface area (Å²) in [6, 6.07) is 12.4. The van der Waals surface area contributed by atoms with Crippen molar-refractivity contribution in [2.75, 3.05) is 29.0 Å². The summed E-state index contributed by atoms with van der Waals surface area (Å²) in [5.74, 6) is 0.419. The number of likely N-dealkylation sites (tertiary alicyclic amines) is 1. The molecule has 2 aromatic heterocycles. The summed E-state index contributed by atoms with van der Waals surface area (Å²) in [6.45, 7) is 10.2. The lowest BCUT2D eigenvalue weighted by atomic mass is 10.1. The Morgan fingerprint density at radius 1 is 1.07 bits per heavy atom. The summed E-state index contributed by atoms with van der Waals surface area (Å²) in [7, 11) is 0. The number of hydrogen-bond donors (Lipinski definition) is 4. The summed E-state index contributed by atoms with van der Waals surface area (Å²) < 4.78 is 7.12. The summed E-state index contributed by atoms with van der Waals surface area (Å²) in [5, 5.41) is 23.9. The zero-order valence-electron chi connectivity index (χ0n) is 25.9. The van der Waals surface area contributed by atoms with Gasteiger partial charge in [0.1, 0.15) is 16.2 Å². The molecule has 0 radical (unpaired) electrons. The minimum atomic E-state index is -0.585. The predicted molar refractivity (Wildman–Crippen MR) is 173 cm³/mol. The fraction of sp³-hybridized carbons (Fsp3) is 0.344. The number of phenolic OH excluding ortho intramolecular Hbond substituents is 1. The molecule has 0 aliphatic carbocycles. The van der Waals surface area contributed by atoms with Crippen molar-refractivity contribution in [2.45, 2.75) is 59.1 Å². The number of hydrogen-bond acceptors (Lipinski definition) is 9. The number of phenols is 1. The van der Waals surface area contributed by atoms with E-state index in [1.54, 1.807) is 52.0 Å². The highest BCUT2D eigenvalue weighted by atomic mass is 32.1. The van der Waals surface area contributed by atoms with E-state index in [1.807, 2.05) is 40.9 Å². The monoisotopic (exact) mass is 631 g/mol. The maximum absolute atomic E-state index is 13.0. The molecule has 13 heteroatoms. The maximum atomic E-state index is 13.0. The van der Waals surface area contributed by atoms with Crippen LogP contribution in [0.5, 0.6) is 5.75 Å². The largest absolute Gasteiger partial charge is 0.508 e. The third kappa shape index (κ3) is 7.98. The van der Waals surface area contributed by atoms with Crippen LogP contribution in [0.4, 0.5) is 27.1 Å². The van der Waals surface area contributed by atoms with E-state index >= 15 is 0 Å². The van der Waals surface area contributed by atoms with Crippen LogP contribution < -0.4 is 16.0 Å². The lowest BCUT2D eigenvalue weighted by Gasteiger charge is -2.19. The van der Waals surface area contributed by atoms with E-state index in [4.69, 9.17) is 4.74 Å². The Bertz CT molecular complexity index is 1710. The first-order valence-corrected chi connectivity index (χ1v) is 15.4. The zero-order valence-corrected chi connectivity index (χ0v) is 26.7. The molecule has 3 heterocycles. The number of aromatic nitrogens is 3. The lowest BCUT2D eigenvalue weighted by molar-refractivity contribution is -0.129. The molecule has 1 atom stereocenters. The Morgan fingerprint density at radius 2 is 1.82 bits per heavy atom. The van der Waals surface area contributed by atoms with Gasteiger partial charge in [-0.2, -0.15) is 5.10 Å². The highest BCUT2D eigenvalue weighted by molar-refractivity contribution is 7.17. The second kappa shape index (κ2) is 13.0. The van der Waals surface area contributed by atoms with E-state index in [0.717, 1.165) is 17.5 Å². The minimum absolute atomic E-state index is 0.0283. The number of carbonyl (C=O) groups excluding carboxylic acids is 3. The molecule has 4 aromatic rings. The van der Waals surface area contributed by atoms with Crippen molar-refractivity contribution in [3.05, 3.63) is 76.4 Å². The first kappa shape index (κ1) is 31.5. The highest BCUT2D eigenvalue weighted by Crippen LogP contribution is 2.30. The van der Waals surface area contributed by atoms with Crippen molar-refractivity contribution in [1.82, 2.24) is 19.7 Å². The number of thiazole rings is 1. The summed E-state index contributed by atoms with van der Waals surface area (Å²) in [4.78, 5) is 44.4. The standard InChI is InChI=1S/C32H37N7O5S/c1-19-6-11-24(40)20(2)28(19)36-29(42)25-17-33-30(45-25)35-26-13-15-39(37-26)23-12-14-38(18-23)27(41)16-21-7-9-22(10-8-21)34-31(43)44-32(3,4)5/h6-11,13,15,17,23,40H,12,14,16,18H2,1-5H3,(H,34,43)(H,36,42)(H,33,35,37)/t23-/m1/s1. The minimum Gasteiger partial charge on any atom is -0.508 e. The number of aryl methyl sites for hydroxylation is 1. The van der Waals surface area contributed by atoms with Crippen LogP contribution in [-0.2, 0) is 16.0 Å². The van der Waals surface area contributed by atoms with E-state index in [2.05, 4.69) is 26.0 Å². The molecule has 0 unspecified atom stereocenters. The number of amides is 3. The van der Waals surface area contributed by atoms with Crippen LogP contribution in [0, 0.1) is 13.8 Å². The van der Waals surface area contributed by atoms with E-state index < -0.39 is 11.7 Å². The van der Waals surface area contributed by atoms with Crippen molar-refractivity contribution in [3.63, 3.8) is 0 Å². The molecule has 1 aliphatic heterocycles. The van der Waals surface area contributed by atoms with Gasteiger partial charge >= 0.3 is 6.09 Å². The van der Waals surface area contributed by atoms with Crippen LogP contribution in [0.2, 0.25) is 0 Å². The van der Waals surface area contributed by atoms with Gasteiger partial charge in [-0.05, 0) is 70.4 Å². The molecule has 1 saturated heterocycles. The van der Waals surface area contributed by atoms with Crippen LogP contribution in [0.25, 0.3) is 0 Å². The molecular formula is C32H37N7O5S. The molecule has 3 amide bonds. The van der Waals surface area contributed by atoms with Gasteiger partial charge in [-0.25, -0.2) is 9.78 Å². The number of rotatable bonds is 8. The Hall–Kier alpha value is -4.91. The van der Waals surface area contributed by atoms with Crippen LogP contribution in [0.1, 0.15) is 59.6 Å². The lowest BCUT2D eigenvalue weighted by Crippen LogP contribution is -2.30. The molecule has 0 saturated carbocycles. The average Bonchev–Trinajstić information content (AvgIpc) is 3.75. The first-order valence-electron chi connectivity index (χ1n) is 14.6. The second-order valence-corrected chi connectivity index (χ2v) is 13.0. The number of anilines is 4. The fourth-order valence-electron chi connectivity index (χ4n) is 4.96. The van der Waals surface area contributed by atoms with Gasteiger partial charge < -0.3 is 25.4 Å². The molecule has 2 aromatic carbocycles. The van der Waals surface area contributed by atoms with Gasteiger partial charge in [-0.1, -0.05) is 29.5 Å². The number of benzene rings is 2. The Labute approximate surface area is 265 Å². The van der Waals surface area contributed by atoms with Crippen LogP contribution in [0.15, 0.2) is 54.9 Å². The first-order chi connectivity index (χ1) is 21.3. The van der Waals surface area contributed by atoms with Gasteiger partial charge in [0.2, 0.25) is 5.91 Å². The summed E-state index contributed by atoms with van der Waals surface area (Å²) in [5.41, 5.74) is 2.90. The number of carbonyl (C=O) groups is 3. The summed E-state index contributed by atoms with van der Waals surface area (Å²) in [6.07, 6.45) is 3.88. The van der Waals surface area contributed by atoms with Gasteiger partial charge in [0.25, 0.3) is 5.91 Å². The molecule has 0 spiro atoms. The maximum Gasteiger partial charge on any atom is 0.412 e. The highest BCUT2D eigenvalue weighted by Gasteiger charge is 2.28. The van der Waals surface area contributed by atoms with Crippen LogP contribution in [-0.4, -0.2) is 61.4 Å². The Morgan fingerprint density at radius 3 is 2.56 bits per heavy atom. The van der Waals surface area contributed by atoms with Crippen molar-refractivity contribution in [3.8, 4) is 5.75 Å². The molecule has 1 aliphatic rings. The third-order valence-electron chi connectivity index (χ3n) is 7.30. The van der Waals surface area contributed by atoms with Crippen molar-refractivity contribution >= 4 is 51.6 Å². The zero-order chi connectivity index (χ0) is 32.3. The van der Waals surface area contributed by atoms with Gasteiger partial charge in [0.05, 0.1) is 24.3 Å². The average molecular weight is 632 g/mol. The molecule has 5 rings (SSSR count). The summed E-state index contributed by atoms with van der Waals surface area (Å²) >= 11 is 1.20. The normalized spacial score (nSPS) is 14.7.